The predicted molar refractivity (Wildman–Crippen MR) is 108 cm³/mol. The molecule has 0 heterocycles. The van der Waals surface area contributed by atoms with E-state index in [0.29, 0.717) is 6.42 Å². The number of nitrogens with one attached hydrogen (secondary N) is 1. The van der Waals surface area contributed by atoms with E-state index in [2.05, 4.69) is 24.6 Å². The van der Waals surface area contributed by atoms with Gasteiger partial charge in [-0.25, -0.2) is 0 Å². The molecule has 3 nitrogen and oxygen atoms in total. The number of hydroxylamine groups is 1. The van der Waals surface area contributed by atoms with Gasteiger partial charge in [-0.1, -0.05) is 83.8 Å². The van der Waals surface area contributed by atoms with E-state index >= 15 is 0 Å². The number of rotatable bonds is 19. The molecule has 0 amide bonds. The number of hydrogen-bond acceptors (Lipinski definition) is 3. The molecule has 148 valence electrons. The molecule has 0 aromatic heterocycles. The molecule has 0 saturated carbocycles. The lowest BCUT2D eigenvalue weighted by atomic mass is 10.1. The largest absolute Gasteiger partial charge is 0.371 e. The minimum Gasteiger partial charge on any atom is -0.371 e. The smallest absolute Gasteiger partial charge is 0.324 e. The summed E-state index contributed by atoms with van der Waals surface area (Å²) in [5.74, 6) is -0.146. The maximum absolute atomic E-state index is 11.1. The topological polar surface area (TPSA) is 38.3 Å². The Balaban J connectivity index is 3.11. The van der Waals surface area contributed by atoms with E-state index in [4.69, 9.17) is 4.84 Å². The van der Waals surface area contributed by atoms with Crippen molar-refractivity contribution in [2.45, 2.75) is 117 Å². The zero-order valence-corrected chi connectivity index (χ0v) is 17.0. The Morgan fingerprint density at radius 3 is 1.80 bits per heavy atom. The van der Waals surface area contributed by atoms with E-state index in [1.165, 1.54) is 83.5 Å². The van der Waals surface area contributed by atoms with Crippen LogP contribution in [0.3, 0.4) is 0 Å². The fourth-order valence-electron chi connectivity index (χ4n) is 2.83. The third kappa shape index (κ3) is 21.1. The van der Waals surface area contributed by atoms with Crippen molar-refractivity contribution in [3.63, 3.8) is 0 Å². The number of carbonyl (C=O) groups is 1. The number of hydrogen-bond donors (Lipinski definition) is 1. The van der Waals surface area contributed by atoms with E-state index in [0.717, 1.165) is 19.4 Å². The van der Waals surface area contributed by atoms with Gasteiger partial charge >= 0.3 is 5.97 Å². The second-order valence-electron chi connectivity index (χ2n) is 7.06. The molecule has 0 aliphatic heterocycles. The molecule has 0 aromatic rings. The molecule has 0 radical (unpaired) electrons. The highest BCUT2D eigenvalue weighted by atomic mass is 16.7. The molecule has 0 unspecified atom stereocenters. The molecule has 1 N–H and O–H groups in total. The van der Waals surface area contributed by atoms with Crippen molar-refractivity contribution in [2.75, 3.05) is 6.54 Å². The Morgan fingerprint density at radius 1 is 0.720 bits per heavy atom. The third-order valence-corrected chi connectivity index (χ3v) is 4.43. The van der Waals surface area contributed by atoms with Crippen LogP contribution in [-0.4, -0.2) is 12.5 Å². The van der Waals surface area contributed by atoms with Crippen LogP contribution in [0.2, 0.25) is 0 Å². The summed E-state index contributed by atoms with van der Waals surface area (Å²) in [5, 5.41) is 0. The van der Waals surface area contributed by atoms with Gasteiger partial charge in [0.25, 0.3) is 0 Å². The van der Waals surface area contributed by atoms with Crippen LogP contribution >= 0.6 is 0 Å². The molecule has 0 spiro atoms. The van der Waals surface area contributed by atoms with E-state index in [1.54, 1.807) is 0 Å². The highest BCUT2D eigenvalue weighted by molar-refractivity contribution is 5.68. The van der Waals surface area contributed by atoms with Crippen LogP contribution in [0.15, 0.2) is 12.2 Å². The van der Waals surface area contributed by atoms with Gasteiger partial charge < -0.3 is 4.84 Å². The van der Waals surface area contributed by atoms with Gasteiger partial charge in [0.15, 0.2) is 0 Å². The third-order valence-electron chi connectivity index (χ3n) is 4.43. The van der Waals surface area contributed by atoms with Crippen molar-refractivity contribution in [3.8, 4) is 0 Å². The van der Waals surface area contributed by atoms with Gasteiger partial charge in [0.2, 0.25) is 0 Å². The first kappa shape index (κ1) is 24.2. The summed E-state index contributed by atoms with van der Waals surface area (Å²) in [6, 6.07) is 0. The van der Waals surface area contributed by atoms with Gasteiger partial charge in [0, 0.05) is 13.0 Å². The molecule has 0 saturated heterocycles. The van der Waals surface area contributed by atoms with Crippen LogP contribution in [0.25, 0.3) is 0 Å². The Labute approximate surface area is 156 Å². The van der Waals surface area contributed by atoms with Gasteiger partial charge in [-0.15, -0.1) is 0 Å². The molecule has 25 heavy (non-hydrogen) atoms. The number of unbranched alkanes of at least 4 members (excludes halogenated alkanes) is 12. The maximum atomic E-state index is 11.1. The minimum atomic E-state index is -0.146. The molecular formula is C22H43NO2. The standard InChI is InChI=1S/C22H43NO2/c1-3-5-6-7-8-9-10-11-12-13-14-15-16-17-18-19-21-23-25-22(24)20-4-2/h11-12,23H,3-10,13-21H2,1-2H3. The molecule has 0 aliphatic rings. The van der Waals surface area contributed by atoms with Crippen molar-refractivity contribution >= 4 is 5.97 Å². The first-order valence-electron chi connectivity index (χ1n) is 10.9. The molecule has 0 aliphatic carbocycles. The molecular weight excluding hydrogens is 310 g/mol. The Kier molecular flexibility index (Phi) is 20.5. The van der Waals surface area contributed by atoms with Crippen LogP contribution in [0.1, 0.15) is 117 Å². The van der Waals surface area contributed by atoms with Crippen LogP contribution in [0.4, 0.5) is 0 Å². The van der Waals surface area contributed by atoms with Crippen LogP contribution < -0.4 is 5.48 Å². The van der Waals surface area contributed by atoms with Crippen molar-refractivity contribution in [2.24, 2.45) is 0 Å². The molecule has 0 fully saturated rings. The average molecular weight is 354 g/mol. The van der Waals surface area contributed by atoms with Crippen LogP contribution in [-0.2, 0) is 9.63 Å². The zero-order valence-electron chi connectivity index (χ0n) is 17.0. The summed E-state index contributed by atoms with van der Waals surface area (Å²) in [5.41, 5.74) is 2.76. The molecule has 0 bridgehead atoms. The first-order valence-corrected chi connectivity index (χ1v) is 10.9. The minimum absolute atomic E-state index is 0.146. The summed E-state index contributed by atoms with van der Waals surface area (Å²) in [6.07, 6.45) is 24.5. The second-order valence-corrected chi connectivity index (χ2v) is 7.06. The Bertz CT molecular complexity index is 302. The molecule has 3 heteroatoms. The van der Waals surface area contributed by atoms with E-state index in [9.17, 15) is 4.79 Å². The summed E-state index contributed by atoms with van der Waals surface area (Å²) in [4.78, 5) is 16.0. The summed E-state index contributed by atoms with van der Waals surface area (Å²) < 4.78 is 0. The van der Waals surface area contributed by atoms with E-state index in [1.807, 2.05) is 6.92 Å². The van der Waals surface area contributed by atoms with E-state index in [-0.39, 0.29) is 5.97 Å². The van der Waals surface area contributed by atoms with Crippen molar-refractivity contribution in [1.29, 1.82) is 0 Å². The first-order chi connectivity index (χ1) is 12.3. The quantitative estimate of drug-likeness (QED) is 0.156. The van der Waals surface area contributed by atoms with Crippen LogP contribution in [0, 0.1) is 0 Å². The molecule has 0 rings (SSSR count). The molecule has 0 aromatic carbocycles. The average Bonchev–Trinajstić information content (AvgIpc) is 2.61. The summed E-state index contributed by atoms with van der Waals surface area (Å²) >= 11 is 0. The predicted octanol–water partition coefficient (Wildman–Crippen LogP) is 6.87. The Morgan fingerprint density at radius 2 is 1.24 bits per heavy atom. The van der Waals surface area contributed by atoms with Crippen molar-refractivity contribution < 1.29 is 9.63 Å². The summed E-state index contributed by atoms with van der Waals surface area (Å²) in [6.45, 7) is 5.02. The maximum Gasteiger partial charge on any atom is 0.324 e. The van der Waals surface area contributed by atoms with Crippen molar-refractivity contribution in [1.82, 2.24) is 5.48 Å². The zero-order chi connectivity index (χ0) is 18.4. The molecule has 0 atom stereocenters. The van der Waals surface area contributed by atoms with E-state index < -0.39 is 0 Å². The normalized spacial score (nSPS) is 11.3. The van der Waals surface area contributed by atoms with Gasteiger partial charge in [-0.05, 0) is 38.5 Å². The van der Waals surface area contributed by atoms with Crippen molar-refractivity contribution in [3.05, 3.63) is 12.2 Å². The number of carbonyl (C=O) groups excluding carboxylic acids is 1. The lowest BCUT2D eigenvalue weighted by Gasteiger charge is -2.05. The van der Waals surface area contributed by atoms with Gasteiger partial charge in [-0.2, -0.15) is 5.48 Å². The monoisotopic (exact) mass is 353 g/mol. The lowest BCUT2D eigenvalue weighted by molar-refractivity contribution is -0.151. The number of allylic oxidation sites excluding steroid dienone is 2. The van der Waals surface area contributed by atoms with Crippen LogP contribution in [0.5, 0.6) is 0 Å². The fraction of sp³-hybridized carbons (Fsp3) is 0.864. The fourth-order valence-corrected chi connectivity index (χ4v) is 2.83. The SMILES string of the molecule is CCCCCCCCC=CCCCCCCCCNOC(=O)CCC. The highest BCUT2D eigenvalue weighted by Gasteiger charge is 1.99. The lowest BCUT2D eigenvalue weighted by Crippen LogP contribution is -2.20. The highest BCUT2D eigenvalue weighted by Crippen LogP contribution is 2.09. The van der Waals surface area contributed by atoms with Gasteiger partial charge in [0.1, 0.15) is 0 Å². The second kappa shape index (κ2) is 21.2. The van der Waals surface area contributed by atoms with Gasteiger partial charge in [-0.3, -0.25) is 4.79 Å². The van der Waals surface area contributed by atoms with Gasteiger partial charge in [0.05, 0.1) is 0 Å². The summed E-state index contributed by atoms with van der Waals surface area (Å²) in [7, 11) is 0. The Hall–Kier alpha value is -0.830.